The van der Waals surface area contributed by atoms with Gasteiger partial charge in [0.05, 0.1) is 37.5 Å². The third-order valence-electron chi connectivity index (χ3n) is 7.72. The number of nitrogens with one attached hydrogen (secondary N) is 1. The number of benzene rings is 3. The lowest BCUT2D eigenvalue weighted by atomic mass is 10.1. The first-order valence-electron chi connectivity index (χ1n) is 15.1. The summed E-state index contributed by atoms with van der Waals surface area (Å²) in [6.07, 6.45) is -6.27. The lowest BCUT2D eigenvalue weighted by molar-refractivity contribution is -0.140. The molecule has 2 heterocycles. The van der Waals surface area contributed by atoms with E-state index in [0.717, 1.165) is 12.1 Å². The van der Waals surface area contributed by atoms with Crippen molar-refractivity contribution in [3.8, 4) is 17.4 Å². The van der Waals surface area contributed by atoms with Gasteiger partial charge in [-0.15, -0.1) is 0 Å². The lowest BCUT2D eigenvalue weighted by Gasteiger charge is -2.23. The first-order valence-corrected chi connectivity index (χ1v) is 16.5. The zero-order valence-electron chi connectivity index (χ0n) is 26.5. The fourth-order valence-corrected chi connectivity index (χ4v) is 6.43. The standard InChI is InChI=1S/C33H34F4N4O7S/c1-45-23-7-3-21(4-8-23)19-41(20-22-5-9-24(46-2)10-6-22)49(43,44)25-11-12-28(27(34)17-25)39-32-38-18-26(33(35,36)37)31(40-32)48-30-14-16-47-15-13-29(30)42/h3-12,17-18,29-30,42H,13-16,19-20H2,1-2H3,(H,38,39,40)/t29-,30+/m1/s1. The van der Waals surface area contributed by atoms with Gasteiger partial charge in [-0.3, -0.25) is 0 Å². The maximum absolute atomic E-state index is 15.5. The van der Waals surface area contributed by atoms with Crippen molar-refractivity contribution in [2.45, 2.75) is 49.2 Å². The number of alkyl halides is 3. The molecule has 3 aromatic carbocycles. The van der Waals surface area contributed by atoms with Gasteiger partial charge in [-0.25, -0.2) is 17.8 Å². The summed E-state index contributed by atoms with van der Waals surface area (Å²) in [5.41, 5.74) is -0.286. The summed E-state index contributed by atoms with van der Waals surface area (Å²) in [4.78, 5) is 7.13. The molecule has 11 nitrogen and oxygen atoms in total. The second-order valence-electron chi connectivity index (χ2n) is 11.1. The second-order valence-corrected chi connectivity index (χ2v) is 13.0. The van der Waals surface area contributed by atoms with Crippen LogP contribution in [-0.4, -0.2) is 67.4 Å². The normalized spacial score (nSPS) is 17.0. The Morgan fingerprint density at radius 3 is 2.08 bits per heavy atom. The van der Waals surface area contributed by atoms with Crippen molar-refractivity contribution in [2.75, 3.05) is 32.8 Å². The van der Waals surface area contributed by atoms with Crippen LogP contribution in [0.4, 0.5) is 29.2 Å². The van der Waals surface area contributed by atoms with Crippen molar-refractivity contribution in [1.29, 1.82) is 0 Å². The van der Waals surface area contributed by atoms with E-state index in [1.54, 1.807) is 48.5 Å². The summed E-state index contributed by atoms with van der Waals surface area (Å²) in [7, 11) is -1.28. The maximum Gasteiger partial charge on any atom is 0.423 e. The minimum absolute atomic E-state index is 0.0516. The predicted molar refractivity (Wildman–Crippen MR) is 170 cm³/mol. The van der Waals surface area contributed by atoms with Gasteiger partial charge in [-0.1, -0.05) is 24.3 Å². The van der Waals surface area contributed by atoms with Crippen LogP contribution in [0.15, 0.2) is 77.8 Å². The average molecular weight is 707 g/mol. The van der Waals surface area contributed by atoms with Crippen LogP contribution in [0.2, 0.25) is 0 Å². The van der Waals surface area contributed by atoms with Gasteiger partial charge in [0.2, 0.25) is 21.9 Å². The molecular formula is C33H34F4N4O7S. The third kappa shape index (κ3) is 8.94. The smallest absolute Gasteiger partial charge is 0.423 e. The van der Waals surface area contributed by atoms with Crippen LogP contribution in [0.25, 0.3) is 0 Å². The third-order valence-corrected chi connectivity index (χ3v) is 9.50. The highest BCUT2D eigenvalue weighted by molar-refractivity contribution is 7.89. The summed E-state index contributed by atoms with van der Waals surface area (Å²) >= 11 is 0. The van der Waals surface area contributed by atoms with Crippen LogP contribution >= 0.6 is 0 Å². The fraction of sp³-hybridized carbons (Fsp3) is 0.333. The number of anilines is 2. The van der Waals surface area contributed by atoms with E-state index in [-0.39, 0.29) is 49.7 Å². The van der Waals surface area contributed by atoms with Crippen molar-refractivity contribution in [2.24, 2.45) is 0 Å². The predicted octanol–water partition coefficient (Wildman–Crippen LogP) is 5.71. The first-order chi connectivity index (χ1) is 23.4. The number of aliphatic hydroxyl groups is 1. The van der Waals surface area contributed by atoms with E-state index in [1.807, 2.05) is 0 Å². The Hall–Kier alpha value is -4.51. The molecule has 1 aromatic heterocycles. The minimum atomic E-state index is -4.88. The van der Waals surface area contributed by atoms with Crippen LogP contribution in [0, 0.1) is 5.82 Å². The zero-order valence-corrected chi connectivity index (χ0v) is 27.3. The minimum Gasteiger partial charge on any atom is -0.497 e. The van der Waals surface area contributed by atoms with Gasteiger partial charge >= 0.3 is 6.18 Å². The molecule has 0 saturated carbocycles. The molecule has 1 fully saturated rings. The average Bonchev–Trinajstić information content (AvgIpc) is 3.28. The molecule has 1 aliphatic rings. The first kappa shape index (κ1) is 35.8. The van der Waals surface area contributed by atoms with Crippen LogP contribution in [0.1, 0.15) is 29.5 Å². The van der Waals surface area contributed by atoms with E-state index in [9.17, 15) is 26.7 Å². The number of halogens is 4. The molecule has 0 aliphatic carbocycles. The van der Waals surface area contributed by atoms with Crippen molar-refractivity contribution in [3.63, 3.8) is 0 Å². The van der Waals surface area contributed by atoms with Gasteiger partial charge in [-0.2, -0.15) is 22.5 Å². The Bertz CT molecular complexity index is 1780. The van der Waals surface area contributed by atoms with Gasteiger partial charge in [0.15, 0.2) is 0 Å². The SMILES string of the molecule is COc1ccc(CN(Cc2ccc(OC)cc2)S(=O)(=O)c2ccc(Nc3ncc(C(F)(F)F)c(O[C@H]4CCOCC[C@H]4O)n3)c(F)c2)cc1. The highest BCUT2D eigenvalue weighted by Crippen LogP contribution is 2.37. The van der Waals surface area contributed by atoms with Gasteiger partial charge < -0.3 is 29.4 Å². The summed E-state index contributed by atoms with van der Waals surface area (Å²) in [5, 5.41) is 12.8. The van der Waals surface area contributed by atoms with Crippen molar-refractivity contribution < 1.29 is 50.0 Å². The number of aliphatic hydroxyl groups excluding tert-OH is 1. The molecule has 0 unspecified atom stereocenters. The number of sulfonamides is 1. The lowest BCUT2D eigenvalue weighted by Crippen LogP contribution is -2.32. The Balaban J connectivity index is 1.41. The monoisotopic (exact) mass is 706 g/mol. The van der Waals surface area contributed by atoms with Gasteiger partial charge in [0.1, 0.15) is 29.0 Å². The largest absolute Gasteiger partial charge is 0.497 e. The Morgan fingerprint density at radius 2 is 1.53 bits per heavy atom. The van der Waals surface area contributed by atoms with Crippen LogP contribution in [0.3, 0.4) is 0 Å². The highest BCUT2D eigenvalue weighted by Gasteiger charge is 2.38. The van der Waals surface area contributed by atoms with Crippen molar-refractivity contribution >= 4 is 21.7 Å². The molecule has 1 saturated heterocycles. The molecule has 4 aromatic rings. The number of aromatic nitrogens is 2. The van der Waals surface area contributed by atoms with Crippen LogP contribution < -0.4 is 19.5 Å². The number of hydrogen-bond donors (Lipinski definition) is 2. The Morgan fingerprint density at radius 1 is 0.939 bits per heavy atom. The molecule has 0 spiro atoms. The summed E-state index contributed by atoms with van der Waals surface area (Å²) < 4.78 is 107. The van der Waals surface area contributed by atoms with E-state index in [1.165, 1.54) is 24.6 Å². The molecule has 1 aliphatic heterocycles. The van der Waals surface area contributed by atoms with E-state index in [0.29, 0.717) is 28.8 Å². The summed E-state index contributed by atoms with van der Waals surface area (Å²) in [6, 6.07) is 16.7. The topological polar surface area (TPSA) is 132 Å². The molecule has 0 amide bonds. The van der Waals surface area contributed by atoms with Gasteiger partial charge in [0, 0.05) is 38.7 Å². The molecule has 49 heavy (non-hydrogen) atoms. The number of nitrogens with zero attached hydrogens (tertiary/aromatic N) is 3. The molecule has 5 rings (SSSR count). The highest BCUT2D eigenvalue weighted by atomic mass is 32.2. The number of methoxy groups -OCH3 is 2. The summed E-state index contributed by atoms with van der Waals surface area (Å²) in [5.74, 6) is -1.16. The fourth-order valence-electron chi connectivity index (χ4n) is 5.00. The van der Waals surface area contributed by atoms with Crippen molar-refractivity contribution in [3.05, 3.63) is 95.4 Å². The molecule has 2 N–H and O–H groups in total. The molecule has 0 radical (unpaired) electrons. The maximum atomic E-state index is 15.5. The summed E-state index contributed by atoms with van der Waals surface area (Å²) in [6.45, 7) is 0.279. The van der Waals surface area contributed by atoms with Gasteiger partial charge in [0.25, 0.3) is 0 Å². The van der Waals surface area contributed by atoms with Crippen LogP contribution in [-0.2, 0) is 34.0 Å². The van der Waals surface area contributed by atoms with E-state index < -0.39 is 51.6 Å². The van der Waals surface area contributed by atoms with E-state index in [2.05, 4.69) is 15.3 Å². The molecular weight excluding hydrogens is 672 g/mol. The molecule has 2 atom stereocenters. The zero-order chi connectivity index (χ0) is 35.2. The number of rotatable bonds is 12. The van der Waals surface area contributed by atoms with E-state index >= 15 is 4.39 Å². The second kappa shape index (κ2) is 15.4. The Labute approximate surface area is 280 Å². The van der Waals surface area contributed by atoms with E-state index in [4.69, 9.17) is 18.9 Å². The molecule has 262 valence electrons. The molecule has 16 heteroatoms. The van der Waals surface area contributed by atoms with Gasteiger partial charge in [-0.05, 0) is 53.6 Å². The quantitative estimate of drug-likeness (QED) is 0.177. The van der Waals surface area contributed by atoms with Crippen molar-refractivity contribution in [1.82, 2.24) is 14.3 Å². The van der Waals surface area contributed by atoms with Crippen LogP contribution in [0.5, 0.6) is 17.4 Å². The molecule has 0 bridgehead atoms. The number of hydrogen-bond acceptors (Lipinski definition) is 10. The Kier molecular flexibility index (Phi) is 11.2. The number of ether oxygens (including phenoxy) is 4.